The molecule has 94 valence electrons. The summed E-state index contributed by atoms with van der Waals surface area (Å²) in [5, 5.41) is 12.0. The molecule has 2 N–H and O–H groups in total. The summed E-state index contributed by atoms with van der Waals surface area (Å²) < 4.78 is 26.2. The van der Waals surface area contributed by atoms with Gasteiger partial charge in [-0.15, -0.1) is 11.3 Å². The maximum absolute atomic E-state index is 12.0. The lowest BCUT2D eigenvalue weighted by Crippen LogP contribution is -2.58. The number of halogens is 1. The second-order valence-electron chi connectivity index (χ2n) is 3.93. The van der Waals surface area contributed by atoms with Gasteiger partial charge in [-0.1, -0.05) is 11.6 Å². The predicted octanol–water partition coefficient (Wildman–Crippen LogP) is 1.69. The van der Waals surface area contributed by atoms with Crippen molar-refractivity contribution in [3.05, 3.63) is 15.8 Å². The minimum atomic E-state index is -3.86. The molecule has 0 spiro atoms. The van der Waals surface area contributed by atoms with Crippen LogP contribution in [0.15, 0.2) is 15.7 Å². The van der Waals surface area contributed by atoms with Crippen LogP contribution < -0.4 is 4.72 Å². The van der Waals surface area contributed by atoms with Crippen molar-refractivity contribution >= 4 is 38.9 Å². The topological polar surface area (TPSA) is 83.5 Å². The average molecular weight is 296 g/mol. The molecule has 1 saturated carbocycles. The Kier molecular flexibility index (Phi) is 3.19. The van der Waals surface area contributed by atoms with Crippen LogP contribution >= 0.6 is 22.9 Å². The third-order valence-electron chi connectivity index (χ3n) is 2.82. The Morgan fingerprint density at radius 3 is 2.47 bits per heavy atom. The van der Waals surface area contributed by atoms with Crippen molar-refractivity contribution in [1.82, 2.24) is 4.72 Å². The quantitative estimate of drug-likeness (QED) is 0.885. The number of carboxylic acid groups (broad SMARTS) is 1. The van der Waals surface area contributed by atoms with Gasteiger partial charge in [0.1, 0.15) is 10.4 Å². The van der Waals surface area contributed by atoms with E-state index in [2.05, 4.69) is 4.72 Å². The molecule has 0 amide bonds. The molecule has 1 aliphatic rings. The van der Waals surface area contributed by atoms with Crippen LogP contribution in [0.4, 0.5) is 0 Å². The van der Waals surface area contributed by atoms with Crippen molar-refractivity contribution < 1.29 is 18.3 Å². The van der Waals surface area contributed by atoms with Crippen LogP contribution in [0, 0.1) is 0 Å². The third kappa shape index (κ3) is 2.20. The molecule has 17 heavy (non-hydrogen) atoms. The van der Waals surface area contributed by atoms with Gasteiger partial charge in [-0.25, -0.2) is 8.42 Å². The molecular formula is C9H10ClNO4S2. The molecule has 1 fully saturated rings. The van der Waals surface area contributed by atoms with E-state index >= 15 is 0 Å². The fourth-order valence-electron chi connectivity index (χ4n) is 1.66. The van der Waals surface area contributed by atoms with E-state index < -0.39 is 21.5 Å². The molecule has 1 aliphatic carbocycles. The van der Waals surface area contributed by atoms with Gasteiger partial charge in [0.2, 0.25) is 10.0 Å². The number of nitrogens with one attached hydrogen (secondary N) is 1. The molecule has 5 nitrogen and oxygen atoms in total. The van der Waals surface area contributed by atoms with Crippen molar-refractivity contribution in [2.24, 2.45) is 0 Å². The van der Waals surface area contributed by atoms with Gasteiger partial charge in [-0.05, 0) is 19.3 Å². The number of sulfonamides is 1. The van der Waals surface area contributed by atoms with Crippen molar-refractivity contribution in [2.45, 2.75) is 29.7 Å². The van der Waals surface area contributed by atoms with Gasteiger partial charge in [-0.3, -0.25) is 4.79 Å². The Bertz CT molecular complexity index is 547. The Morgan fingerprint density at radius 1 is 1.47 bits per heavy atom. The Morgan fingerprint density at radius 2 is 2.12 bits per heavy atom. The lowest BCUT2D eigenvalue weighted by atomic mass is 9.78. The van der Waals surface area contributed by atoms with Gasteiger partial charge in [0.05, 0.1) is 5.02 Å². The number of hydrogen-bond acceptors (Lipinski definition) is 4. The molecule has 0 radical (unpaired) electrons. The van der Waals surface area contributed by atoms with Gasteiger partial charge >= 0.3 is 5.97 Å². The average Bonchev–Trinajstić information content (AvgIpc) is 2.58. The fraction of sp³-hybridized carbons (Fsp3) is 0.444. The number of rotatable bonds is 4. The first-order valence-corrected chi connectivity index (χ1v) is 7.67. The zero-order valence-electron chi connectivity index (χ0n) is 8.64. The molecule has 1 aromatic rings. The second kappa shape index (κ2) is 4.24. The molecule has 0 unspecified atom stereocenters. The summed E-state index contributed by atoms with van der Waals surface area (Å²) in [4.78, 5) is 11.0. The Hall–Kier alpha value is -0.630. The monoisotopic (exact) mass is 295 g/mol. The first kappa shape index (κ1) is 12.8. The van der Waals surface area contributed by atoms with Crippen molar-refractivity contribution in [2.75, 3.05) is 0 Å². The van der Waals surface area contributed by atoms with E-state index in [1.165, 1.54) is 10.8 Å². The Balaban J connectivity index is 2.30. The second-order valence-corrected chi connectivity index (χ2v) is 6.73. The van der Waals surface area contributed by atoms with Crippen molar-refractivity contribution in [3.63, 3.8) is 0 Å². The number of aliphatic carboxylic acids is 1. The number of carbonyl (C=O) groups is 1. The highest BCUT2D eigenvalue weighted by Crippen LogP contribution is 2.35. The van der Waals surface area contributed by atoms with Crippen LogP contribution in [0.1, 0.15) is 19.3 Å². The first-order chi connectivity index (χ1) is 7.87. The zero-order chi connectivity index (χ0) is 12.7. The van der Waals surface area contributed by atoms with Gasteiger partial charge in [0.25, 0.3) is 0 Å². The fourth-order valence-corrected chi connectivity index (χ4v) is 4.79. The van der Waals surface area contributed by atoms with E-state index in [0.717, 1.165) is 11.3 Å². The van der Waals surface area contributed by atoms with Crippen LogP contribution in [-0.2, 0) is 14.8 Å². The summed E-state index contributed by atoms with van der Waals surface area (Å²) >= 11 is 6.89. The number of thiophene rings is 1. The SMILES string of the molecule is O=C(O)C1(NS(=O)(=O)c2cscc2Cl)CCC1. The van der Waals surface area contributed by atoms with Crippen LogP contribution in [0.25, 0.3) is 0 Å². The van der Waals surface area contributed by atoms with E-state index in [9.17, 15) is 13.2 Å². The maximum atomic E-state index is 12.0. The number of carboxylic acids is 1. The van der Waals surface area contributed by atoms with Crippen LogP contribution in [-0.4, -0.2) is 25.0 Å². The predicted molar refractivity (Wildman–Crippen MR) is 63.9 cm³/mol. The highest BCUT2D eigenvalue weighted by atomic mass is 35.5. The van der Waals surface area contributed by atoms with Crippen LogP contribution in [0.2, 0.25) is 5.02 Å². The third-order valence-corrected chi connectivity index (χ3v) is 5.84. The van der Waals surface area contributed by atoms with Gasteiger partial charge < -0.3 is 5.11 Å². The van der Waals surface area contributed by atoms with E-state index in [4.69, 9.17) is 16.7 Å². The molecule has 2 rings (SSSR count). The summed E-state index contributed by atoms with van der Waals surface area (Å²) in [6.07, 6.45) is 1.32. The van der Waals surface area contributed by atoms with E-state index in [1.807, 2.05) is 0 Å². The van der Waals surface area contributed by atoms with Crippen LogP contribution in [0.3, 0.4) is 0 Å². The van der Waals surface area contributed by atoms with Crippen molar-refractivity contribution in [1.29, 1.82) is 0 Å². The highest BCUT2D eigenvalue weighted by Gasteiger charge is 2.47. The smallest absolute Gasteiger partial charge is 0.324 e. The first-order valence-electron chi connectivity index (χ1n) is 4.86. The molecule has 0 aliphatic heterocycles. The summed E-state index contributed by atoms with van der Waals surface area (Å²) in [5.74, 6) is -1.14. The molecular weight excluding hydrogens is 286 g/mol. The highest BCUT2D eigenvalue weighted by molar-refractivity contribution is 7.89. The largest absolute Gasteiger partial charge is 0.480 e. The van der Waals surface area contributed by atoms with Crippen LogP contribution in [0.5, 0.6) is 0 Å². The lowest BCUT2D eigenvalue weighted by molar-refractivity contribution is -0.147. The van der Waals surface area contributed by atoms with E-state index in [1.54, 1.807) is 0 Å². The maximum Gasteiger partial charge on any atom is 0.324 e. The summed E-state index contributed by atoms with van der Waals surface area (Å²) in [6.45, 7) is 0. The van der Waals surface area contributed by atoms with E-state index in [-0.39, 0.29) is 9.92 Å². The lowest BCUT2D eigenvalue weighted by Gasteiger charge is -2.37. The molecule has 1 heterocycles. The van der Waals surface area contributed by atoms with E-state index in [0.29, 0.717) is 19.3 Å². The molecule has 0 bridgehead atoms. The van der Waals surface area contributed by atoms with Gasteiger partial charge in [0.15, 0.2) is 0 Å². The summed E-state index contributed by atoms with van der Waals surface area (Å²) in [6, 6.07) is 0. The van der Waals surface area contributed by atoms with Crippen molar-refractivity contribution in [3.8, 4) is 0 Å². The minimum absolute atomic E-state index is 0.0586. The van der Waals surface area contributed by atoms with Gasteiger partial charge in [0, 0.05) is 10.8 Å². The normalized spacial score (nSPS) is 18.6. The molecule has 0 saturated heterocycles. The molecule has 0 aromatic carbocycles. The standard InChI is InChI=1S/C9H10ClNO4S2/c10-6-4-16-5-7(6)17(14,15)11-9(8(12)13)2-1-3-9/h4-5,11H,1-3H2,(H,12,13). The molecule has 1 aromatic heterocycles. The zero-order valence-corrected chi connectivity index (χ0v) is 11.0. The summed E-state index contributed by atoms with van der Waals surface area (Å²) in [7, 11) is -3.86. The molecule has 0 atom stereocenters. The summed E-state index contributed by atoms with van der Waals surface area (Å²) in [5.41, 5.74) is -1.36. The minimum Gasteiger partial charge on any atom is -0.480 e. The Labute approximate surface area is 107 Å². The number of hydrogen-bond donors (Lipinski definition) is 2. The molecule has 8 heteroatoms. The van der Waals surface area contributed by atoms with Gasteiger partial charge in [-0.2, -0.15) is 4.72 Å².